The molecule has 168 valence electrons. The average Bonchev–Trinajstić information content (AvgIpc) is 2.74. The van der Waals surface area contributed by atoms with E-state index in [-0.39, 0.29) is 11.8 Å². The number of hydrogen-bond donors (Lipinski definition) is 1. The van der Waals surface area contributed by atoms with E-state index in [4.69, 9.17) is 4.74 Å². The summed E-state index contributed by atoms with van der Waals surface area (Å²) in [6, 6.07) is 13.5. The van der Waals surface area contributed by atoms with Crippen molar-refractivity contribution >= 4 is 23.6 Å². The van der Waals surface area contributed by atoms with Crippen LogP contribution in [0.3, 0.4) is 0 Å². The van der Waals surface area contributed by atoms with Crippen molar-refractivity contribution in [3.8, 4) is 5.75 Å². The van der Waals surface area contributed by atoms with Gasteiger partial charge in [0.15, 0.2) is 0 Å². The van der Waals surface area contributed by atoms with E-state index >= 15 is 0 Å². The third kappa shape index (κ3) is 7.94. The third-order valence-electron chi connectivity index (χ3n) is 4.98. The topological polar surface area (TPSA) is 58.6 Å². The zero-order valence-corrected chi connectivity index (χ0v) is 20.1. The Hall–Kier alpha value is -2.47. The summed E-state index contributed by atoms with van der Waals surface area (Å²) in [4.78, 5) is 27.4. The van der Waals surface area contributed by atoms with Crippen molar-refractivity contribution in [1.82, 2.24) is 10.2 Å². The van der Waals surface area contributed by atoms with E-state index in [1.165, 1.54) is 16.7 Å². The highest BCUT2D eigenvalue weighted by atomic mass is 32.2. The maximum Gasteiger partial charge on any atom is 0.242 e. The molecule has 2 aromatic rings. The van der Waals surface area contributed by atoms with Crippen molar-refractivity contribution in [2.45, 2.75) is 52.5 Å². The highest BCUT2D eigenvalue weighted by molar-refractivity contribution is 7.99. The van der Waals surface area contributed by atoms with Gasteiger partial charge in [-0.3, -0.25) is 9.59 Å². The first kappa shape index (κ1) is 24.8. The molecule has 0 saturated heterocycles. The van der Waals surface area contributed by atoms with Crippen LogP contribution in [0.1, 0.15) is 42.5 Å². The van der Waals surface area contributed by atoms with Crippen LogP contribution >= 0.6 is 11.8 Å². The highest BCUT2D eigenvalue weighted by Crippen LogP contribution is 2.19. The molecule has 2 amide bonds. The number of nitrogens with zero attached hydrogens (tertiary/aromatic N) is 1. The molecule has 0 saturated carbocycles. The Morgan fingerprint density at radius 2 is 1.81 bits per heavy atom. The van der Waals surface area contributed by atoms with Gasteiger partial charge in [-0.05, 0) is 50.5 Å². The van der Waals surface area contributed by atoms with Gasteiger partial charge < -0.3 is 15.0 Å². The summed E-state index contributed by atoms with van der Waals surface area (Å²) in [5, 5.41) is 2.91. The molecule has 1 unspecified atom stereocenters. The minimum Gasteiger partial charge on any atom is -0.497 e. The fourth-order valence-electron chi connectivity index (χ4n) is 3.44. The van der Waals surface area contributed by atoms with Crippen LogP contribution in [-0.2, 0) is 21.9 Å². The fourth-order valence-corrected chi connectivity index (χ4v) is 4.28. The molecule has 6 heteroatoms. The van der Waals surface area contributed by atoms with E-state index in [0.29, 0.717) is 18.8 Å². The highest BCUT2D eigenvalue weighted by Gasteiger charge is 2.26. The molecule has 0 radical (unpaired) electrons. The number of nitrogens with one attached hydrogen (secondary N) is 1. The number of thioether (sulfide) groups is 1. The van der Waals surface area contributed by atoms with Gasteiger partial charge in [0.05, 0.1) is 12.9 Å². The Morgan fingerprint density at radius 1 is 1.10 bits per heavy atom. The van der Waals surface area contributed by atoms with Gasteiger partial charge in [-0.25, -0.2) is 0 Å². The van der Waals surface area contributed by atoms with Gasteiger partial charge in [-0.1, -0.05) is 48.4 Å². The van der Waals surface area contributed by atoms with Crippen LogP contribution in [0.4, 0.5) is 0 Å². The Kier molecular flexibility index (Phi) is 9.92. The van der Waals surface area contributed by atoms with E-state index in [1.54, 1.807) is 30.7 Å². The molecule has 0 heterocycles. The first-order valence-electron chi connectivity index (χ1n) is 10.7. The number of amides is 2. The first-order valence-corrected chi connectivity index (χ1v) is 11.8. The van der Waals surface area contributed by atoms with Crippen LogP contribution in [0.5, 0.6) is 5.75 Å². The van der Waals surface area contributed by atoms with Crippen LogP contribution in [-0.4, -0.2) is 42.2 Å². The number of methoxy groups -OCH3 is 1. The second kappa shape index (κ2) is 12.4. The van der Waals surface area contributed by atoms with Gasteiger partial charge in [0.2, 0.25) is 11.8 Å². The standard InChI is InChI=1S/C25H34N2O3S/c1-6-10-26-25(29)20(4)27(15-21-8-7-9-23(14-21)30-5)24(28)17-31-16-22-12-18(2)11-19(3)13-22/h7-9,11-14,20H,6,10,15-17H2,1-5H3,(H,26,29). The number of hydrogen-bond acceptors (Lipinski definition) is 4. The van der Waals surface area contributed by atoms with E-state index in [1.807, 2.05) is 31.2 Å². The van der Waals surface area contributed by atoms with Crippen LogP contribution in [0, 0.1) is 13.8 Å². The molecule has 2 aromatic carbocycles. The summed E-state index contributed by atoms with van der Waals surface area (Å²) in [5.74, 6) is 1.64. The van der Waals surface area contributed by atoms with Crippen molar-refractivity contribution < 1.29 is 14.3 Å². The molecule has 1 N–H and O–H groups in total. The van der Waals surface area contributed by atoms with Crippen molar-refractivity contribution in [1.29, 1.82) is 0 Å². The van der Waals surface area contributed by atoms with Crippen molar-refractivity contribution in [2.24, 2.45) is 0 Å². The third-order valence-corrected chi connectivity index (χ3v) is 5.97. The Morgan fingerprint density at radius 3 is 2.45 bits per heavy atom. The number of benzene rings is 2. The summed E-state index contributed by atoms with van der Waals surface area (Å²) in [5.41, 5.74) is 4.59. The molecule has 0 aromatic heterocycles. The Balaban J connectivity index is 2.09. The minimum absolute atomic E-state index is 0.0451. The summed E-state index contributed by atoms with van der Waals surface area (Å²) in [6.45, 7) is 8.93. The summed E-state index contributed by atoms with van der Waals surface area (Å²) < 4.78 is 5.30. The number of rotatable bonds is 11. The average molecular weight is 443 g/mol. The largest absolute Gasteiger partial charge is 0.497 e. The van der Waals surface area contributed by atoms with E-state index < -0.39 is 6.04 Å². The molecule has 0 fully saturated rings. The van der Waals surface area contributed by atoms with E-state index in [0.717, 1.165) is 23.5 Å². The maximum absolute atomic E-state index is 13.1. The van der Waals surface area contributed by atoms with Crippen LogP contribution in [0.2, 0.25) is 0 Å². The SMILES string of the molecule is CCCNC(=O)C(C)N(Cc1cccc(OC)c1)C(=O)CSCc1cc(C)cc(C)c1. The molecular weight excluding hydrogens is 408 g/mol. The number of carbonyl (C=O) groups excluding carboxylic acids is 2. The molecular formula is C25H34N2O3S. The van der Waals surface area contributed by atoms with Crippen molar-refractivity contribution in [2.75, 3.05) is 19.4 Å². The molecule has 0 aliphatic heterocycles. The second-order valence-corrected chi connectivity index (χ2v) is 8.81. The van der Waals surface area contributed by atoms with Crippen LogP contribution < -0.4 is 10.1 Å². The minimum atomic E-state index is -0.549. The number of carbonyl (C=O) groups is 2. The zero-order chi connectivity index (χ0) is 22.8. The molecule has 0 spiro atoms. The van der Waals surface area contributed by atoms with Gasteiger partial charge in [-0.2, -0.15) is 0 Å². The lowest BCUT2D eigenvalue weighted by Crippen LogP contribution is -2.48. The van der Waals surface area contributed by atoms with Crippen molar-refractivity contribution in [3.63, 3.8) is 0 Å². The number of aryl methyl sites for hydroxylation is 2. The Bertz CT molecular complexity index is 865. The molecule has 0 aliphatic carbocycles. The number of ether oxygens (including phenoxy) is 1. The second-order valence-electron chi connectivity index (χ2n) is 7.83. The quantitative estimate of drug-likeness (QED) is 0.557. The molecule has 31 heavy (non-hydrogen) atoms. The predicted molar refractivity (Wildman–Crippen MR) is 128 cm³/mol. The van der Waals surface area contributed by atoms with Crippen LogP contribution in [0.25, 0.3) is 0 Å². The summed E-state index contributed by atoms with van der Waals surface area (Å²) in [6.07, 6.45) is 0.855. The maximum atomic E-state index is 13.1. The Labute approximate surface area is 190 Å². The van der Waals surface area contributed by atoms with Gasteiger partial charge in [0.1, 0.15) is 11.8 Å². The van der Waals surface area contributed by atoms with E-state index in [9.17, 15) is 9.59 Å². The molecule has 0 aliphatic rings. The molecule has 2 rings (SSSR count). The summed E-state index contributed by atoms with van der Waals surface area (Å²) >= 11 is 1.58. The van der Waals surface area contributed by atoms with Gasteiger partial charge in [0.25, 0.3) is 0 Å². The molecule has 0 bridgehead atoms. The smallest absolute Gasteiger partial charge is 0.242 e. The van der Waals surface area contributed by atoms with Crippen LogP contribution in [0.15, 0.2) is 42.5 Å². The predicted octanol–water partition coefficient (Wildman–Crippen LogP) is 4.49. The van der Waals surface area contributed by atoms with Gasteiger partial charge in [0, 0.05) is 18.8 Å². The van der Waals surface area contributed by atoms with Crippen molar-refractivity contribution in [3.05, 3.63) is 64.7 Å². The zero-order valence-electron chi connectivity index (χ0n) is 19.2. The molecule has 1 atom stereocenters. The summed E-state index contributed by atoms with van der Waals surface area (Å²) in [7, 11) is 1.62. The van der Waals surface area contributed by atoms with Gasteiger partial charge in [-0.15, -0.1) is 11.8 Å². The fraction of sp³-hybridized carbons (Fsp3) is 0.440. The van der Waals surface area contributed by atoms with Gasteiger partial charge >= 0.3 is 0 Å². The lowest BCUT2D eigenvalue weighted by atomic mass is 10.1. The normalized spacial score (nSPS) is 11.6. The lowest BCUT2D eigenvalue weighted by Gasteiger charge is -2.29. The first-order chi connectivity index (χ1) is 14.8. The monoisotopic (exact) mass is 442 g/mol. The van der Waals surface area contributed by atoms with E-state index in [2.05, 4.69) is 37.4 Å². The lowest BCUT2D eigenvalue weighted by molar-refractivity contribution is -0.138. The molecule has 5 nitrogen and oxygen atoms in total.